The molecule has 4 N–H and O–H groups in total. The number of nitrogens with zero attached hydrogens (tertiary/aromatic N) is 4. The van der Waals surface area contributed by atoms with Crippen molar-refractivity contribution >= 4 is 0 Å². The average molecular weight is 400 g/mol. The monoisotopic (exact) mass is 400 g/mol. The van der Waals surface area contributed by atoms with E-state index < -0.39 is 20.3 Å². The van der Waals surface area contributed by atoms with Crippen LogP contribution in [0.15, 0.2) is 0 Å². The molecule has 0 aromatic heterocycles. The summed E-state index contributed by atoms with van der Waals surface area (Å²) in [6, 6.07) is 0. The zero-order valence-electron chi connectivity index (χ0n) is 13.3. The number of rotatable bonds is 1. The van der Waals surface area contributed by atoms with Crippen molar-refractivity contribution in [3.05, 3.63) is 61.3 Å². The SMILES string of the molecule is NCCN.O=[N+]([O-])[O-].O=[N+]([O-])[O-].O=[N+]([O-])[O-].O=[N+]([O-])[O-].[Na+].[Na+].[Na+].[Na+]. The molecule has 0 spiro atoms. The van der Waals surface area contributed by atoms with Gasteiger partial charge in [0.2, 0.25) is 0 Å². The van der Waals surface area contributed by atoms with Gasteiger partial charge in [0.25, 0.3) is 0 Å². The topological polar surface area (TPSA) is 317 Å². The Balaban J connectivity index is -0.0000000161. The van der Waals surface area contributed by atoms with E-state index in [1.54, 1.807) is 0 Å². The smallest absolute Gasteiger partial charge is 0.356 e. The fourth-order valence-electron chi connectivity index (χ4n) is 0. The van der Waals surface area contributed by atoms with Crippen LogP contribution in [0.4, 0.5) is 0 Å². The molecule has 0 rings (SSSR count). The number of hydrogen-bond donors (Lipinski definition) is 2. The van der Waals surface area contributed by atoms with E-state index in [0.717, 1.165) is 0 Å². The third kappa shape index (κ3) is 3620. The molecule has 122 valence electrons. The van der Waals surface area contributed by atoms with Gasteiger partial charge >= 0.3 is 118 Å². The van der Waals surface area contributed by atoms with E-state index in [1.807, 2.05) is 0 Å². The fourth-order valence-corrected chi connectivity index (χ4v) is 0. The molecule has 0 aliphatic heterocycles. The molecule has 0 aromatic rings. The fraction of sp³-hybridized carbons (Fsp3) is 1.00. The van der Waals surface area contributed by atoms with Gasteiger partial charge in [-0.25, -0.2) is 0 Å². The summed E-state index contributed by atoms with van der Waals surface area (Å²) < 4.78 is 0. The van der Waals surface area contributed by atoms with Gasteiger partial charge in [-0.3, -0.25) is 0 Å². The summed E-state index contributed by atoms with van der Waals surface area (Å²) in [4.78, 5) is 33.0. The summed E-state index contributed by atoms with van der Waals surface area (Å²) in [6.07, 6.45) is 0. The second-order valence-corrected chi connectivity index (χ2v) is 1.47. The maximum absolute atomic E-state index is 8.25. The maximum atomic E-state index is 8.25. The minimum atomic E-state index is -1.75. The molecule has 0 saturated heterocycles. The van der Waals surface area contributed by atoms with E-state index >= 15 is 0 Å². The van der Waals surface area contributed by atoms with E-state index in [-0.39, 0.29) is 118 Å². The third-order valence-electron chi connectivity index (χ3n) is 0.167. The summed E-state index contributed by atoms with van der Waals surface area (Å²) in [7, 11) is 0. The van der Waals surface area contributed by atoms with E-state index in [9.17, 15) is 0 Å². The van der Waals surface area contributed by atoms with E-state index in [4.69, 9.17) is 72.8 Å². The van der Waals surface area contributed by atoms with Gasteiger partial charge < -0.3 is 72.8 Å². The zero-order valence-corrected chi connectivity index (χ0v) is 21.3. The van der Waals surface area contributed by atoms with Crippen LogP contribution in [0.3, 0.4) is 0 Å². The van der Waals surface area contributed by atoms with Crippen molar-refractivity contribution in [1.29, 1.82) is 0 Å². The summed E-state index contributed by atoms with van der Waals surface area (Å²) >= 11 is 0. The molecule has 0 saturated carbocycles. The Labute approximate surface area is 221 Å². The van der Waals surface area contributed by atoms with Crippen molar-refractivity contribution in [2.45, 2.75) is 0 Å². The first kappa shape index (κ1) is 56.3. The van der Waals surface area contributed by atoms with Crippen molar-refractivity contribution in [3.63, 3.8) is 0 Å². The zero-order chi connectivity index (χ0) is 17.7. The Kier molecular flexibility index (Phi) is 133. The summed E-state index contributed by atoms with van der Waals surface area (Å²) in [6.45, 7) is 1.19. The summed E-state index contributed by atoms with van der Waals surface area (Å²) in [5, 5.41) is 59.0. The molecule has 0 unspecified atom stereocenters. The van der Waals surface area contributed by atoms with Crippen molar-refractivity contribution in [2.75, 3.05) is 13.1 Å². The molecule has 22 heteroatoms. The average Bonchev–Trinajstić information content (AvgIpc) is 2.13. The quantitative estimate of drug-likeness (QED) is 0.234. The van der Waals surface area contributed by atoms with E-state index in [1.165, 1.54) is 0 Å². The van der Waals surface area contributed by atoms with Crippen molar-refractivity contribution in [1.82, 2.24) is 0 Å². The van der Waals surface area contributed by atoms with E-state index in [2.05, 4.69) is 0 Å². The van der Waals surface area contributed by atoms with Crippen LogP contribution in [-0.4, -0.2) is 33.4 Å². The van der Waals surface area contributed by atoms with Crippen molar-refractivity contribution in [3.8, 4) is 0 Å². The predicted octanol–water partition coefficient (Wildman–Crippen LogP) is -14.0. The van der Waals surface area contributed by atoms with E-state index in [0.29, 0.717) is 13.1 Å². The van der Waals surface area contributed by atoms with Gasteiger partial charge in [-0.1, -0.05) is 0 Å². The molecule has 0 aliphatic carbocycles. The van der Waals surface area contributed by atoms with Gasteiger partial charge in [0.1, 0.15) is 0 Å². The largest absolute Gasteiger partial charge is 1.00 e. The minimum absolute atomic E-state index is 0. The Morgan fingerprint density at radius 3 is 0.500 bits per heavy atom. The van der Waals surface area contributed by atoms with Crippen LogP contribution in [0.2, 0.25) is 0 Å². The molecule has 0 atom stereocenters. The molecule has 0 bridgehead atoms. The molecule has 0 heterocycles. The molecule has 18 nitrogen and oxygen atoms in total. The van der Waals surface area contributed by atoms with Crippen LogP contribution in [0.25, 0.3) is 0 Å². The Morgan fingerprint density at radius 2 is 0.500 bits per heavy atom. The molecular weight excluding hydrogens is 392 g/mol. The molecule has 0 fully saturated rings. The van der Waals surface area contributed by atoms with Gasteiger partial charge in [-0.2, -0.15) is 0 Å². The summed E-state index contributed by atoms with van der Waals surface area (Å²) in [5.74, 6) is 0. The van der Waals surface area contributed by atoms with Crippen LogP contribution < -0.4 is 130 Å². The minimum Gasteiger partial charge on any atom is -0.356 e. The molecule has 24 heavy (non-hydrogen) atoms. The Bertz CT molecular complexity index is 204. The first-order chi connectivity index (χ1) is 8.84. The predicted molar refractivity (Wildman–Crippen MR) is 59.6 cm³/mol. The Hall–Kier alpha value is 0.720. The first-order valence-electron chi connectivity index (χ1n) is 3.51. The van der Waals surface area contributed by atoms with Crippen molar-refractivity contribution < 1.29 is 139 Å². The van der Waals surface area contributed by atoms with Gasteiger partial charge in [0.05, 0.1) is 20.3 Å². The van der Waals surface area contributed by atoms with Gasteiger partial charge in [0, 0.05) is 13.1 Å². The first-order valence-corrected chi connectivity index (χ1v) is 3.51. The standard InChI is InChI=1S/C2H8N2.4NO3.4Na/c3-1-2-4;4*2-1(3)4;;;;/h1-4H2;;;;;;;;/q;4*-1;4*+1. The van der Waals surface area contributed by atoms with Gasteiger partial charge in [-0.05, 0) is 0 Å². The second kappa shape index (κ2) is 56.5. The van der Waals surface area contributed by atoms with Crippen molar-refractivity contribution in [2.24, 2.45) is 11.5 Å². The van der Waals surface area contributed by atoms with Crippen LogP contribution in [0.1, 0.15) is 0 Å². The Morgan fingerprint density at radius 1 is 0.458 bits per heavy atom. The van der Waals surface area contributed by atoms with Crippen LogP contribution in [0.5, 0.6) is 0 Å². The molecular formula is C2H8N6Na4O12. The number of hydrogen-bond acceptors (Lipinski definition) is 14. The van der Waals surface area contributed by atoms with Gasteiger partial charge in [-0.15, -0.1) is 0 Å². The molecule has 0 radical (unpaired) electrons. The summed E-state index contributed by atoms with van der Waals surface area (Å²) in [5.41, 5.74) is 9.81. The van der Waals surface area contributed by atoms with Crippen LogP contribution in [-0.2, 0) is 0 Å². The second-order valence-electron chi connectivity index (χ2n) is 1.47. The molecule has 0 amide bonds. The third-order valence-corrected chi connectivity index (χ3v) is 0.167. The molecule has 0 aromatic carbocycles. The van der Waals surface area contributed by atoms with Crippen LogP contribution in [0, 0.1) is 61.3 Å². The maximum Gasteiger partial charge on any atom is 1.00 e. The van der Waals surface area contributed by atoms with Crippen LogP contribution >= 0.6 is 0 Å². The van der Waals surface area contributed by atoms with Gasteiger partial charge in [0.15, 0.2) is 0 Å². The molecule has 0 aliphatic rings. The number of nitrogens with two attached hydrogens (primary N) is 2. The normalized spacial score (nSPS) is 5.25.